The van der Waals surface area contributed by atoms with Crippen LogP contribution in [0.3, 0.4) is 0 Å². The van der Waals surface area contributed by atoms with Gasteiger partial charge in [-0.1, -0.05) is 18.2 Å². The summed E-state index contributed by atoms with van der Waals surface area (Å²) in [4.78, 5) is 22.7. The van der Waals surface area contributed by atoms with E-state index in [1.807, 2.05) is 12.1 Å². The van der Waals surface area contributed by atoms with Crippen molar-refractivity contribution in [2.75, 3.05) is 13.7 Å². The number of nitrogens with zero attached hydrogens (tertiary/aromatic N) is 1. The van der Waals surface area contributed by atoms with Gasteiger partial charge in [0.25, 0.3) is 11.6 Å². The van der Waals surface area contributed by atoms with Crippen molar-refractivity contribution in [3.8, 4) is 5.75 Å². The zero-order chi connectivity index (χ0) is 19.3. The van der Waals surface area contributed by atoms with Gasteiger partial charge in [-0.25, -0.2) is 0 Å². The first kappa shape index (κ1) is 19.4. The molecule has 2 aromatic rings. The standard InChI is InChI=1S/C19H22N2O5/c1-13-4-7-15(10-17(13)21(24)25)18(22)20-12-19(2,23)11-14-5-8-16(26-3)9-6-14/h4-10,23H,11-12H2,1-3H3,(H,20,22). The normalized spacial score (nSPS) is 12.9. The highest BCUT2D eigenvalue weighted by Crippen LogP contribution is 2.20. The molecule has 1 atom stereocenters. The number of ether oxygens (including phenoxy) is 1. The summed E-state index contributed by atoms with van der Waals surface area (Å²) in [6.07, 6.45) is 0.339. The van der Waals surface area contributed by atoms with Gasteiger partial charge in [0.1, 0.15) is 5.75 Å². The maximum atomic E-state index is 12.3. The maximum absolute atomic E-state index is 12.3. The van der Waals surface area contributed by atoms with Crippen LogP contribution in [0.15, 0.2) is 42.5 Å². The number of aliphatic hydroxyl groups is 1. The van der Waals surface area contributed by atoms with Crippen LogP contribution in [0.5, 0.6) is 5.75 Å². The lowest BCUT2D eigenvalue weighted by Gasteiger charge is -2.24. The number of hydrogen-bond donors (Lipinski definition) is 2. The van der Waals surface area contributed by atoms with E-state index in [9.17, 15) is 20.0 Å². The first-order valence-corrected chi connectivity index (χ1v) is 8.10. The number of nitrogens with one attached hydrogen (secondary N) is 1. The van der Waals surface area contributed by atoms with Crippen molar-refractivity contribution in [3.05, 3.63) is 69.3 Å². The Morgan fingerprint density at radius 2 is 1.92 bits per heavy atom. The summed E-state index contributed by atoms with van der Waals surface area (Å²) in [5.41, 5.74) is 0.292. The molecule has 7 heteroatoms. The molecule has 0 spiro atoms. The Balaban J connectivity index is 2.00. The van der Waals surface area contributed by atoms with Gasteiger partial charge < -0.3 is 15.2 Å². The molecule has 26 heavy (non-hydrogen) atoms. The monoisotopic (exact) mass is 358 g/mol. The zero-order valence-electron chi connectivity index (χ0n) is 15.0. The number of methoxy groups -OCH3 is 1. The Hall–Kier alpha value is -2.93. The van der Waals surface area contributed by atoms with E-state index < -0.39 is 16.4 Å². The third kappa shape index (κ3) is 5.03. The second-order valence-corrected chi connectivity index (χ2v) is 6.46. The van der Waals surface area contributed by atoms with Gasteiger partial charge in [0.15, 0.2) is 0 Å². The molecule has 0 heterocycles. The molecule has 0 saturated heterocycles. The van der Waals surface area contributed by atoms with Crippen molar-refractivity contribution in [2.45, 2.75) is 25.9 Å². The SMILES string of the molecule is COc1ccc(CC(C)(O)CNC(=O)c2ccc(C)c([N+](=O)[O-])c2)cc1. The summed E-state index contributed by atoms with van der Waals surface area (Å²) in [5, 5.41) is 24.1. The van der Waals surface area contributed by atoms with Crippen LogP contribution in [-0.2, 0) is 6.42 Å². The van der Waals surface area contributed by atoms with Gasteiger partial charge in [-0.05, 0) is 37.6 Å². The summed E-state index contributed by atoms with van der Waals surface area (Å²) >= 11 is 0. The van der Waals surface area contributed by atoms with E-state index in [4.69, 9.17) is 4.74 Å². The van der Waals surface area contributed by atoms with E-state index in [-0.39, 0.29) is 17.8 Å². The summed E-state index contributed by atoms with van der Waals surface area (Å²) < 4.78 is 5.09. The first-order chi connectivity index (χ1) is 12.2. The van der Waals surface area contributed by atoms with Crippen molar-refractivity contribution in [1.29, 1.82) is 0 Å². The number of aryl methyl sites for hydroxylation is 1. The van der Waals surface area contributed by atoms with Crippen LogP contribution in [0, 0.1) is 17.0 Å². The predicted octanol–water partition coefficient (Wildman–Crippen LogP) is 2.64. The highest BCUT2D eigenvalue weighted by atomic mass is 16.6. The number of nitro groups is 1. The van der Waals surface area contributed by atoms with Gasteiger partial charge in [-0.2, -0.15) is 0 Å². The maximum Gasteiger partial charge on any atom is 0.273 e. The Morgan fingerprint density at radius 1 is 1.27 bits per heavy atom. The second-order valence-electron chi connectivity index (χ2n) is 6.46. The van der Waals surface area contributed by atoms with E-state index in [0.29, 0.717) is 12.0 Å². The van der Waals surface area contributed by atoms with Gasteiger partial charge in [-0.3, -0.25) is 14.9 Å². The predicted molar refractivity (Wildman–Crippen MR) is 97.5 cm³/mol. The minimum Gasteiger partial charge on any atom is -0.497 e. The van der Waals surface area contributed by atoms with Crippen molar-refractivity contribution >= 4 is 11.6 Å². The number of rotatable bonds is 7. The molecule has 0 bridgehead atoms. The Kier molecular flexibility index (Phi) is 5.94. The molecule has 0 radical (unpaired) electrons. The molecule has 0 aliphatic rings. The average Bonchev–Trinajstić information content (AvgIpc) is 2.60. The molecule has 0 aliphatic heterocycles. The lowest BCUT2D eigenvalue weighted by atomic mass is 9.96. The van der Waals surface area contributed by atoms with E-state index in [1.165, 1.54) is 18.2 Å². The van der Waals surface area contributed by atoms with E-state index in [2.05, 4.69) is 5.32 Å². The fourth-order valence-corrected chi connectivity index (χ4v) is 2.57. The lowest BCUT2D eigenvalue weighted by molar-refractivity contribution is -0.385. The molecule has 2 N–H and O–H groups in total. The second kappa shape index (κ2) is 7.97. The van der Waals surface area contributed by atoms with Gasteiger partial charge in [-0.15, -0.1) is 0 Å². The smallest absolute Gasteiger partial charge is 0.273 e. The van der Waals surface area contributed by atoms with Crippen molar-refractivity contribution in [1.82, 2.24) is 5.32 Å². The van der Waals surface area contributed by atoms with Crippen LogP contribution in [0.4, 0.5) is 5.69 Å². The topological polar surface area (TPSA) is 102 Å². The number of benzene rings is 2. The fourth-order valence-electron chi connectivity index (χ4n) is 2.57. The van der Waals surface area contributed by atoms with Crippen LogP contribution in [0.25, 0.3) is 0 Å². The van der Waals surface area contributed by atoms with Crippen LogP contribution >= 0.6 is 0 Å². The lowest BCUT2D eigenvalue weighted by Crippen LogP contribution is -2.42. The fraction of sp³-hybridized carbons (Fsp3) is 0.316. The molecule has 7 nitrogen and oxygen atoms in total. The van der Waals surface area contributed by atoms with Crippen LogP contribution in [0.1, 0.15) is 28.4 Å². The van der Waals surface area contributed by atoms with Crippen molar-refractivity contribution in [3.63, 3.8) is 0 Å². The van der Waals surface area contributed by atoms with Crippen LogP contribution in [-0.4, -0.2) is 35.2 Å². The average molecular weight is 358 g/mol. The third-order valence-corrected chi connectivity index (χ3v) is 4.04. The number of hydrogen-bond acceptors (Lipinski definition) is 5. The quantitative estimate of drug-likeness (QED) is 0.585. The molecule has 0 aromatic heterocycles. The molecular formula is C19H22N2O5. The highest BCUT2D eigenvalue weighted by Gasteiger charge is 2.23. The van der Waals surface area contributed by atoms with Crippen LogP contribution < -0.4 is 10.1 Å². The summed E-state index contributed by atoms with van der Waals surface area (Å²) in [6, 6.07) is 11.6. The number of nitro benzene ring substituents is 1. The minimum absolute atomic E-state index is 0.0134. The molecule has 138 valence electrons. The summed E-state index contributed by atoms with van der Waals surface area (Å²) in [7, 11) is 1.58. The molecule has 1 unspecified atom stereocenters. The summed E-state index contributed by atoms with van der Waals surface area (Å²) in [6.45, 7) is 3.24. The number of amides is 1. The molecule has 2 aromatic carbocycles. The Labute approximate surface area is 151 Å². The van der Waals surface area contributed by atoms with Gasteiger partial charge in [0.2, 0.25) is 0 Å². The first-order valence-electron chi connectivity index (χ1n) is 8.10. The molecule has 0 saturated carbocycles. The molecule has 0 aliphatic carbocycles. The zero-order valence-corrected chi connectivity index (χ0v) is 15.0. The van der Waals surface area contributed by atoms with E-state index in [0.717, 1.165) is 11.3 Å². The molecule has 2 rings (SSSR count). The van der Waals surface area contributed by atoms with Crippen LogP contribution in [0.2, 0.25) is 0 Å². The number of carbonyl (C=O) groups is 1. The van der Waals surface area contributed by atoms with Gasteiger partial charge in [0.05, 0.1) is 17.6 Å². The van der Waals surface area contributed by atoms with Crippen molar-refractivity contribution < 1.29 is 19.6 Å². The molecule has 1 amide bonds. The van der Waals surface area contributed by atoms with Crippen molar-refractivity contribution in [2.24, 2.45) is 0 Å². The third-order valence-electron chi connectivity index (χ3n) is 4.04. The number of carbonyl (C=O) groups excluding carboxylic acids is 1. The molecular weight excluding hydrogens is 336 g/mol. The highest BCUT2D eigenvalue weighted by molar-refractivity contribution is 5.95. The molecule has 0 fully saturated rings. The van der Waals surface area contributed by atoms with E-state index >= 15 is 0 Å². The van der Waals surface area contributed by atoms with E-state index in [1.54, 1.807) is 33.1 Å². The Bertz CT molecular complexity index is 800. The Morgan fingerprint density at radius 3 is 2.50 bits per heavy atom. The largest absolute Gasteiger partial charge is 0.497 e. The summed E-state index contributed by atoms with van der Waals surface area (Å²) in [5.74, 6) is 0.255. The minimum atomic E-state index is -1.17. The van der Waals surface area contributed by atoms with Gasteiger partial charge >= 0.3 is 0 Å². The van der Waals surface area contributed by atoms with Gasteiger partial charge in [0, 0.05) is 30.2 Å².